The minimum absolute atomic E-state index is 0.0671. The fourth-order valence-electron chi connectivity index (χ4n) is 1.13. The van der Waals surface area contributed by atoms with E-state index in [1.165, 1.54) is 7.11 Å². The van der Waals surface area contributed by atoms with Gasteiger partial charge in [-0.3, -0.25) is 10.1 Å². The summed E-state index contributed by atoms with van der Waals surface area (Å²) in [4.78, 5) is 10.1. The average Bonchev–Trinajstić information content (AvgIpc) is 2.07. The normalized spacial score (nSPS) is 9.69. The van der Waals surface area contributed by atoms with E-state index in [-0.39, 0.29) is 17.1 Å². The lowest BCUT2D eigenvalue weighted by Gasteiger charge is -2.06. The average molecular weight is 182 g/mol. The third-order valence-corrected chi connectivity index (χ3v) is 1.75. The summed E-state index contributed by atoms with van der Waals surface area (Å²) in [6, 6.07) is 3.18. The minimum Gasteiger partial charge on any atom is -0.489 e. The summed E-state index contributed by atoms with van der Waals surface area (Å²) in [6.45, 7) is 1.64. The van der Waals surface area contributed by atoms with E-state index >= 15 is 0 Å². The molecule has 2 N–H and O–H groups in total. The predicted octanol–water partition coefficient (Wildman–Crippen LogP) is 1.49. The third-order valence-electron chi connectivity index (χ3n) is 1.75. The molecule has 0 saturated carbocycles. The Kier molecular flexibility index (Phi) is 2.36. The second kappa shape index (κ2) is 3.30. The van der Waals surface area contributed by atoms with E-state index in [0.717, 1.165) is 0 Å². The van der Waals surface area contributed by atoms with Gasteiger partial charge in [0.2, 0.25) is 5.75 Å². The number of nitrogens with two attached hydrogens (primary N) is 1. The monoisotopic (exact) mass is 182 g/mol. The molecule has 0 aliphatic rings. The molecule has 5 heteroatoms. The number of nitro groups is 1. The van der Waals surface area contributed by atoms with Gasteiger partial charge in [0.25, 0.3) is 0 Å². The summed E-state index contributed by atoms with van der Waals surface area (Å²) >= 11 is 0. The number of benzene rings is 1. The molecule has 0 amide bonds. The second-order valence-corrected chi connectivity index (χ2v) is 2.61. The highest BCUT2D eigenvalue weighted by Gasteiger charge is 2.20. The Bertz CT molecular complexity index is 349. The number of methoxy groups -OCH3 is 1. The van der Waals surface area contributed by atoms with E-state index in [0.29, 0.717) is 5.56 Å². The van der Waals surface area contributed by atoms with Crippen LogP contribution in [0.5, 0.6) is 5.75 Å². The van der Waals surface area contributed by atoms with Gasteiger partial charge in [-0.1, -0.05) is 6.07 Å². The smallest absolute Gasteiger partial charge is 0.315 e. The van der Waals surface area contributed by atoms with Crippen molar-refractivity contribution in [1.82, 2.24) is 0 Å². The number of nitrogens with zero attached hydrogens (tertiary/aromatic N) is 1. The zero-order chi connectivity index (χ0) is 10.0. The summed E-state index contributed by atoms with van der Waals surface area (Å²) < 4.78 is 4.85. The van der Waals surface area contributed by atoms with Crippen LogP contribution in [-0.2, 0) is 0 Å². The lowest BCUT2D eigenvalue weighted by atomic mass is 10.1. The first-order valence-corrected chi connectivity index (χ1v) is 3.65. The van der Waals surface area contributed by atoms with Gasteiger partial charge in [0.15, 0.2) is 0 Å². The molecule has 0 radical (unpaired) electrons. The number of hydrogen-bond acceptors (Lipinski definition) is 4. The maximum Gasteiger partial charge on any atom is 0.315 e. The Hall–Kier alpha value is -1.78. The zero-order valence-electron chi connectivity index (χ0n) is 7.40. The van der Waals surface area contributed by atoms with Gasteiger partial charge in [-0.2, -0.15) is 0 Å². The highest BCUT2D eigenvalue weighted by Crippen LogP contribution is 2.35. The van der Waals surface area contributed by atoms with Gasteiger partial charge < -0.3 is 10.5 Å². The van der Waals surface area contributed by atoms with Crippen LogP contribution < -0.4 is 10.5 Å². The summed E-state index contributed by atoms with van der Waals surface area (Å²) in [6.07, 6.45) is 0. The summed E-state index contributed by atoms with van der Waals surface area (Å²) in [7, 11) is 1.36. The quantitative estimate of drug-likeness (QED) is 0.427. The third kappa shape index (κ3) is 1.53. The summed E-state index contributed by atoms with van der Waals surface area (Å²) in [5.41, 5.74) is 6.26. The number of hydrogen-bond donors (Lipinski definition) is 1. The largest absolute Gasteiger partial charge is 0.489 e. The highest BCUT2D eigenvalue weighted by molar-refractivity contribution is 5.66. The summed E-state index contributed by atoms with van der Waals surface area (Å²) in [5, 5.41) is 10.6. The number of ether oxygens (including phenoxy) is 1. The fourth-order valence-corrected chi connectivity index (χ4v) is 1.13. The number of nitrogen functional groups attached to an aromatic ring is 1. The molecule has 70 valence electrons. The Labute approximate surface area is 75.3 Å². The van der Waals surface area contributed by atoms with Gasteiger partial charge in [-0.25, -0.2) is 0 Å². The lowest BCUT2D eigenvalue weighted by molar-refractivity contribution is -0.386. The van der Waals surface area contributed by atoms with Gasteiger partial charge in [-0.15, -0.1) is 0 Å². The molecule has 1 aromatic carbocycles. The van der Waals surface area contributed by atoms with Crippen LogP contribution in [0.1, 0.15) is 5.56 Å². The Morgan fingerprint density at radius 1 is 1.54 bits per heavy atom. The maximum absolute atomic E-state index is 10.6. The van der Waals surface area contributed by atoms with Crippen molar-refractivity contribution in [2.75, 3.05) is 12.8 Å². The first-order valence-electron chi connectivity index (χ1n) is 3.65. The SMILES string of the molecule is COc1c(N)ccc(C)c1[N+](=O)[O-]. The van der Waals surface area contributed by atoms with E-state index in [1.54, 1.807) is 19.1 Å². The minimum atomic E-state index is -0.496. The first-order chi connectivity index (χ1) is 6.07. The lowest BCUT2D eigenvalue weighted by Crippen LogP contribution is -2.00. The number of rotatable bonds is 2. The van der Waals surface area contributed by atoms with Gasteiger partial charge in [0.05, 0.1) is 17.7 Å². The van der Waals surface area contributed by atoms with Crippen LogP contribution in [0.15, 0.2) is 12.1 Å². The predicted molar refractivity (Wildman–Crippen MR) is 48.8 cm³/mol. The molecule has 13 heavy (non-hydrogen) atoms. The Morgan fingerprint density at radius 2 is 2.15 bits per heavy atom. The molecule has 0 aliphatic carbocycles. The number of aryl methyl sites for hydroxylation is 1. The van der Waals surface area contributed by atoms with Crippen molar-refractivity contribution in [3.8, 4) is 5.75 Å². The maximum atomic E-state index is 10.6. The van der Waals surface area contributed by atoms with Crippen molar-refractivity contribution in [3.05, 3.63) is 27.8 Å². The number of anilines is 1. The molecule has 0 spiro atoms. The second-order valence-electron chi connectivity index (χ2n) is 2.61. The van der Waals surface area contributed by atoms with Crippen molar-refractivity contribution in [2.45, 2.75) is 6.92 Å². The molecule has 0 aliphatic heterocycles. The molecule has 0 bridgehead atoms. The van der Waals surface area contributed by atoms with Crippen molar-refractivity contribution in [2.24, 2.45) is 0 Å². The van der Waals surface area contributed by atoms with E-state index in [9.17, 15) is 10.1 Å². The van der Waals surface area contributed by atoms with Gasteiger partial charge in [-0.05, 0) is 13.0 Å². The van der Waals surface area contributed by atoms with Gasteiger partial charge in [0, 0.05) is 5.56 Å². The molecule has 1 rings (SSSR count). The molecule has 5 nitrogen and oxygen atoms in total. The van der Waals surface area contributed by atoms with Crippen molar-refractivity contribution in [3.63, 3.8) is 0 Å². The van der Waals surface area contributed by atoms with Gasteiger partial charge in [0.1, 0.15) is 0 Å². The molecule has 0 heterocycles. The molecule has 1 aromatic rings. The highest BCUT2D eigenvalue weighted by atomic mass is 16.6. The van der Waals surface area contributed by atoms with Crippen molar-refractivity contribution >= 4 is 11.4 Å². The fraction of sp³-hybridized carbons (Fsp3) is 0.250. The van der Waals surface area contributed by atoms with Crippen molar-refractivity contribution < 1.29 is 9.66 Å². The topological polar surface area (TPSA) is 78.4 Å². The summed E-state index contributed by atoms with van der Waals surface area (Å²) in [5.74, 6) is 0.130. The van der Waals surface area contributed by atoms with Crippen LogP contribution >= 0.6 is 0 Å². The Balaban J connectivity index is 3.43. The van der Waals surface area contributed by atoms with Crippen molar-refractivity contribution in [1.29, 1.82) is 0 Å². The van der Waals surface area contributed by atoms with E-state index in [1.807, 2.05) is 0 Å². The molecule has 0 unspecified atom stereocenters. The molecule has 0 saturated heterocycles. The number of nitro benzene ring substituents is 1. The van der Waals surface area contributed by atoms with Crippen LogP contribution in [0.2, 0.25) is 0 Å². The van der Waals surface area contributed by atoms with Crippen LogP contribution in [0.3, 0.4) is 0 Å². The van der Waals surface area contributed by atoms with E-state index in [2.05, 4.69) is 0 Å². The van der Waals surface area contributed by atoms with Crippen LogP contribution in [0.25, 0.3) is 0 Å². The van der Waals surface area contributed by atoms with Gasteiger partial charge >= 0.3 is 5.69 Å². The molecular formula is C8H10N2O3. The zero-order valence-corrected chi connectivity index (χ0v) is 7.40. The van der Waals surface area contributed by atoms with E-state index in [4.69, 9.17) is 10.5 Å². The van der Waals surface area contributed by atoms with E-state index < -0.39 is 4.92 Å². The Morgan fingerprint density at radius 3 is 2.54 bits per heavy atom. The molecule has 0 fully saturated rings. The molecule has 0 aromatic heterocycles. The first kappa shape index (κ1) is 9.31. The van der Waals surface area contributed by atoms with Crippen LogP contribution in [0.4, 0.5) is 11.4 Å². The molecule has 0 atom stereocenters. The molecular weight excluding hydrogens is 172 g/mol. The standard InChI is InChI=1S/C8H10N2O3/c1-5-3-4-6(9)8(13-2)7(5)10(11)12/h3-4H,9H2,1-2H3. The van der Waals surface area contributed by atoms with Crippen LogP contribution in [-0.4, -0.2) is 12.0 Å². The van der Waals surface area contributed by atoms with Crippen LogP contribution in [0, 0.1) is 17.0 Å².